The van der Waals surface area contributed by atoms with Crippen molar-refractivity contribution in [1.29, 1.82) is 0 Å². The third kappa shape index (κ3) is 4.62. The number of aromatic nitrogens is 2. The minimum atomic E-state index is -0.235. The largest absolute Gasteiger partial charge is 0.490 e. The first-order valence-corrected chi connectivity index (χ1v) is 7.41. The van der Waals surface area contributed by atoms with Gasteiger partial charge in [-0.1, -0.05) is 18.2 Å². The van der Waals surface area contributed by atoms with Gasteiger partial charge in [-0.3, -0.25) is 9.48 Å². The quantitative estimate of drug-likeness (QED) is 0.583. The Morgan fingerprint density at radius 2 is 1.95 bits per heavy atom. The molecule has 1 aromatic heterocycles. The zero-order valence-corrected chi connectivity index (χ0v) is 13.3. The molecule has 2 rings (SSSR count). The average Bonchev–Trinajstić information content (AvgIpc) is 2.81. The Kier molecular flexibility index (Phi) is 5.58. The van der Waals surface area contributed by atoms with Crippen LogP contribution >= 0.6 is 0 Å². The van der Waals surface area contributed by atoms with Gasteiger partial charge in [-0.25, -0.2) is 0 Å². The molecule has 2 aromatic rings. The highest BCUT2D eigenvalue weighted by molar-refractivity contribution is 5.69. The van der Waals surface area contributed by atoms with Crippen molar-refractivity contribution >= 4 is 5.97 Å². The number of rotatable bonds is 7. The second-order valence-corrected chi connectivity index (χ2v) is 5.23. The molecule has 0 spiro atoms. The maximum atomic E-state index is 11.7. The topological polar surface area (TPSA) is 53.4 Å². The molecule has 0 atom stereocenters. The predicted molar refractivity (Wildman–Crippen MR) is 84.0 cm³/mol. The fourth-order valence-corrected chi connectivity index (χ4v) is 2.20. The number of esters is 1. The monoisotopic (exact) mass is 302 g/mol. The fraction of sp³-hybridized carbons (Fsp3) is 0.412. The maximum absolute atomic E-state index is 11.7. The molecule has 0 bridgehead atoms. The van der Waals surface area contributed by atoms with Crippen LogP contribution in [0.25, 0.3) is 0 Å². The molecule has 5 nitrogen and oxygen atoms in total. The van der Waals surface area contributed by atoms with Crippen molar-refractivity contribution in [2.75, 3.05) is 13.2 Å². The van der Waals surface area contributed by atoms with Crippen molar-refractivity contribution in [3.05, 3.63) is 47.3 Å². The Bertz CT molecular complexity index is 635. The van der Waals surface area contributed by atoms with Crippen molar-refractivity contribution < 1.29 is 14.3 Å². The smallest absolute Gasteiger partial charge is 0.307 e. The van der Waals surface area contributed by atoms with E-state index < -0.39 is 0 Å². The van der Waals surface area contributed by atoms with Crippen molar-refractivity contribution in [3.8, 4) is 5.75 Å². The van der Waals surface area contributed by atoms with E-state index >= 15 is 0 Å². The molecule has 0 radical (unpaired) electrons. The highest BCUT2D eigenvalue weighted by Crippen LogP contribution is 2.15. The van der Waals surface area contributed by atoms with Gasteiger partial charge in [0.2, 0.25) is 0 Å². The number of ether oxygens (including phenoxy) is 2. The molecule has 22 heavy (non-hydrogen) atoms. The zero-order chi connectivity index (χ0) is 15.9. The van der Waals surface area contributed by atoms with E-state index in [4.69, 9.17) is 9.47 Å². The van der Waals surface area contributed by atoms with Crippen LogP contribution in [0.4, 0.5) is 0 Å². The van der Waals surface area contributed by atoms with Crippen LogP contribution in [0, 0.1) is 20.8 Å². The number of benzene rings is 1. The average molecular weight is 302 g/mol. The molecule has 1 heterocycles. The Morgan fingerprint density at radius 3 is 2.64 bits per heavy atom. The number of para-hydroxylation sites is 1. The first kappa shape index (κ1) is 16.1. The first-order chi connectivity index (χ1) is 10.6. The number of aryl methyl sites for hydroxylation is 4. The summed E-state index contributed by atoms with van der Waals surface area (Å²) in [6.45, 7) is 7.04. The van der Waals surface area contributed by atoms with Crippen molar-refractivity contribution in [2.45, 2.75) is 33.7 Å². The van der Waals surface area contributed by atoms with E-state index in [2.05, 4.69) is 5.10 Å². The predicted octanol–water partition coefficient (Wildman–Crippen LogP) is 2.82. The summed E-state index contributed by atoms with van der Waals surface area (Å²) in [4.78, 5) is 11.7. The standard InChI is InChI=1S/C17H22N2O3/c1-13-6-4-5-7-16(13)21-10-11-22-17(20)8-9-19-15(3)12-14(2)18-19/h4-7,12H,8-11H2,1-3H3. The molecular weight excluding hydrogens is 280 g/mol. The van der Waals surface area contributed by atoms with Gasteiger partial charge in [0.25, 0.3) is 0 Å². The summed E-state index contributed by atoms with van der Waals surface area (Å²) >= 11 is 0. The van der Waals surface area contributed by atoms with Gasteiger partial charge < -0.3 is 9.47 Å². The van der Waals surface area contributed by atoms with Crippen LogP contribution in [0.3, 0.4) is 0 Å². The van der Waals surface area contributed by atoms with Gasteiger partial charge in [0, 0.05) is 5.69 Å². The highest BCUT2D eigenvalue weighted by Gasteiger charge is 2.06. The van der Waals surface area contributed by atoms with Crippen LogP contribution in [0.1, 0.15) is 23.4 Å². The molecule has 0 saturated heterocycles. The second-order valence-electron chi connectivity index (χ2n) is 5.23. The van der Waals surface area contributed by atoms with E-state index in [0.717, 1.165) is 22.7 Å². The summed E-state index contributed by atoms with van der Waals surface area (Å²) in [5.41, 5.74) is 3.07. The number of carbonyl (C=O) groups is 1. The van der Waals surface area contributed by atoms with E-state index in [1.54, 1.807) is 0 Å². The molecule has 0 saturated carbocycles. The van der Waals surface area contributed by atoms with E-state index in [9.17, 15) is 4.79 Å². The lowest BCUT2D eigenvalue weighted by Crippen LogP contribution is -2.15. The molecule has 0 amide bonds. The normalized spacial score (nSPS) is 10.5. The van der Waals surface area contributed by atoms with Gasteiger partial charge in [0.05, 0.1) is 18.7 Å². The molecular formula is C17H22N2O3. The van der Waals surface area contributed by atoms with Gasteiger partial charge in [0.15, 0.2) is 0 Å². The number of carbonyl (C=O) groups excluding carboxylic acids is 1. The Balaban J connectivity index is 1.66. The van der Waals surface area contributed by atoms with Gasteiger partial charge >= 0.3 is 5.97 Å². The van der Waals surface area contributed by atoms with Crippen molar-refractivity contribution in [2.24, 2.45) is 0 Å². The Labute approximate surface area is 130 Å². The van der Waals surface area contributed by atoms with Crippen molar-refractivity contribution in [1.82, 2.24) is 9.78 Å². The van der Waals surface area contributed by atoms with E-state index in [1.807, 2.05) is 55.8 Å². The lowest BCUT2D eigenvalue weighted by Gasteiger charge is -2.09. The molecule has 0 unspecified atom stereocenters. The summed E-state index contributed by atoms with van der Waals surface area (Å²) in [5, 5.41) is 4.31. The van der Waals surface area contributed by atoms with E-state index in [0.29, 0.717) is 19.6 Å². The van der Waals surface area contributed by atoms with Gasteiger partial charge in [-0.15, -0.1) is 0 Å². The molecule has 118 valence electrons. The molecule has 0 N–H and O–H groups in total. The minimum Gasteiger partial charge on any atom is -0.490 e. The first-order valence-electron chi connectivity index (χ1n) is 7.41. The molecule has 5 heteroatoms. The van der Waals surface area contributed by atoms with E-state index in [1.165, 1.54) is 0 Å². The summed E-state index contributed by atoms with van der Waals surface area (Å²) in [5.74, 6) is 0.585. The van der Waals surface area contributed by atoms with Gasteiger partial charge in [0.1, 0.15) is 19.0 Å². The zero-order valence-electron chi connectivity index (χ0n) is 13.3. The van der Waals surface area contributed by atoms with Crippen LogP contribution < -0.4 is 4.74 Å². The van der Waals surface area contributed by atoms with Crippen molar-refractivity contribution in [3.63, 3.8) is 0 Å². The summed E-state index contributed by atoms with van der Waals surface area (Å²) in [6, 6.07) is 9.75. The third-order valence-corrected chi connectivity index (χ3v) is 3.33. The second kappa shape index (κ2) is 7.64. The molecule has 1 aromatic carbocycles. The third-order valence-electron chi connectivity index (χ3n) is 3.33. The number of hydrogen-bond acceptors (Lipinski definition) is 4. The Morgan fingerprint density at radius 1 is 1.18 bits per heavy atom. The number of nitrogens with zero attached hydrogens (tertiary/aromatic N) is 2. The minimum absolute atomic E-state index is 0.235. The maximum Gasteiger partial charge on any atom is 0.307 e. The van der Waals surface area contributed by atoms with E-state index in [-0.39, 0.29) is 12.6 Å². The van der Waals surface area contributed by atoms with Crippen LogP contribution in [0.15, 0.2) is 30.3 Å². The van der Waals surface area contributed by atoms with Crippen LogP contribution in [-0.2, 0) is 16.1 Å². The lowest BCUT2D eigenvalue weighted by molar-refractivity contribution is -0.144. The Hall–Kier alpha value is -2.30. The molecule has 0 aliphatic carbocycles. The van der Waals surface area contributed by atoms with Gasteiger partial charge in [-0.05, 0) is 38.5 Å². The molecule has 0 aliphatic rings. The number of hydrogen-bond donors (Lipinski definition) is 0. The summed E-state index contributed by atoms with van der Waals surface area (Å²) < 4.78 is 12.6. The summed E-state index contributed by atoms with van der Waals surface area (Å²) in [7, 11) is 0. The molecule has 0 aliphatic heterocycles. The van der Waals surface area contributed by atoms with Gasteiger partial charge in [-0.2, -0.15) is 5.10 Å². The summed E-state index contributed by atoms with van der Waals surface area (Å²) in [6.07, 6.45) is 0.312. The molecule has 0 fully saturated rings. The van der Waals surface area contributed by atoms with Crippen LogP contribution in [0.5, 0.6) is 5.75 Å². The van der Waals surface area contributed by atoms with Crippen LogP contribution in [0.2, 0.25) is 0 Å². The fourth-order valence-electron chi connectivity index (χ4n) is 2.20. The lowest BCUT2D eigenvalue weighted by atomic mass is 10.2. The highest BCUT2D eigenvalue weighted by atomic mass is 16.6. The van der Waals surface area contributed by atoms with Crippen LogP contribution in [-0.4, -0.2) is 29.0 Å². The SMILES string of the molecule is Cc1cc(C)n(CCC(=O)OCCOc2ccccc2C)n1.